The second kappa shape index (κ2) is 5.84. The van der Waals surface area contributed by atoms with Gasteiger partial charge in [0.05, 0.1) is 6.10 Å². The van der Waals surface area contributed by atoms with Gasteiger partial charge in [-0.1, -0.05) is 0 Å². The molecule has 0 aromatic heterocycles. The lowest BCUT2D eigenvalue weighted by atomic mass is 10.1. The van der Waals surface area contributed by atoms with E-state index in [2.05, 4.69) is 0 Å². The average Bonchev–Trinajstić information content (AvgIpc) is 3.22. The van der Waals surface area contributed by atoms with Gasteiger partial charge in [0.25, 0.3) is 5.91 Å². The Kier molecular flexibility index (Phi) is 4.37. The molecule has 1 N–H and O–H groups in total. The first-order chi connectivity index (χ1) is 8.99. The van der Waals surface area contributed by atoms with Crippen molar-refractivity contribution in [3.05, 3.63) is 29.8 Å². The fourth-order valence-electron chi connectivity index (χ4n) is 2.00. The first kappa shape index (κ1) is 14.2. The van der Waals surface area contributed by atoms with Crippen LogP contribution in [-0.2, 0) is 10.8 Å². The molecule has 1 aliphatic rings. The number of amides is 1. The minimum atomic E-state index is -1.03. The van der Waals surface area contributed by atoms with E-state index in [9.17, 15) is 14.1 Å². The summed E-state index contributed by atoms with van der Waals surface area (Å²) in [7, 11) is 0.661. The lowest BCUT2D eigenvalue weighted by Gasteiger charge is -2.20. The summed E-state index contributed by atoms with van der Waals surface area (Å²) >= 11 is 0. The fourth-order valence-corrected chi connectivity index (χ4v) is 2.52. The van der Waals surface area contributed by atoms with Crippen LogP contribution in [0.25, 0.3) is 0 Å². The van der Waals surface area contributed by atoms with Crippen LogP contribution in [0.5, 0.6) is 0 Å². The Bertz CT molecular complexity index is 482. The Morgan fingerprint density at radius 1 is 1.42 bits per heavy atom. The maximum absolute atomic E-state index is 12.1. The highest BCUT2D eigenvalue weighted by Gasteiger charge is 2.31. The number of benzene rings is 1. The molecule has 0 spiro atoms. The molecule has 0 saturated heterocycles. The van der Waals surface area contributed by atoms with Crippen LogP contribution in [0.3, 0.4) is 0 Å². The Balaban J connectivity index is 1.99. The van der Waals surface area contributed by atoms with Gasteiger partial charge in [0.2, 0.25) is 0 Å². The summed E-state index contributed by atoms with van der Waals surface area (Å²) < 4.78 is 11.3. The number of aliphatic hydroxyl groups is 1. The van der Waals surface area contributed by atoms with E-state index in [1.54, 1.807) is 42.5 Å². The topological polar surface area (TPSA) is 57.6 Å². The van der Waals surface area contributed by atoms with E-state index < -0.39 is 16.9 Å². The number of hydrogen-bond acceptors (Lipinski definition) is 3. The Morgan fingerprint density at radius 2 is 2.00 bits per heavy atom. The number of nitrogens with zero attached hydrogens (tertiary/aromatic N) is 1. The molecule has 0 bridgehead atoms. The number of likely N-dealkylation sites (N-methyl/N-ethyl adjacent to an activating group) is 1. The van der Waals surface area contributed by atoms with Crippen molar-refractivity contribution in [1.29, 1.82) is 0 Å². The standard InChI is InChI=1S/C14H19NO3S/c1-15(9-13(16)10-3-4-10)14(17)11-5-7-12(8-6-11)19(2)18/h5-8,10,13,16H,3-4,9H2,1-2H3. The predicted octanol–water partition coefficient (Wildman–Crippen LogP) is 1.27. The first-order valence-corrected chi connectivity index (χ1v) is 7.92. The third-order valence-corrected chi connectivity index (χ3v) is 4.34. The molecule has 1 fully saturated rings. The molecular formula is C14H19NO3S. The van der Waals surface area contributed by atoms with Crippen LogP contribution < -0.4 is 0 Å². The van der Waals surface area contributed by atoms with Crippen molar-refractivity contribution in [2.45, 2.75) is 23.8 Å². The smallest absolute Gasteiger partial charge is 0.253 e. The lowest BCUT2D eigenvalue weighted by molar-refractivity contribution is 0.0645. The summed E-state index contributed by atoms with van der Waals surface area (Å²) in [5, 5.41) is 9.84. The van der Waals surface area contributed by atoms with Crippen LogP contribution in [0.1, 0.15) is 23.2 Å². The van der Waals surface area contributed by atoms with Crippen LogP contribution in [0, 0.1) is 5.92 Å². The molecule has 1 aromatic carbocycles. The van der Waals surface area contributed by atoms with Crippen LogP contribution >= 0.6 is 0 Å². The summed E-state index contributed by atoms with van der Waals surface area (Å²) in [5.41, 5.74) is 0.555. The SMILES string of the molecule is CN(CC(O)C1CC1)C(=O)c1ccc(S(C)=O)cc1. The van der Waals surface area contributed by atoms with Crippen molar-refractivity contribution in [2.24, 2.45) is 5.92 Å². The second-order valence-electron chi connectivity index (χ2n) is 5.07. The van der Waals surface area contributed by atoms with E-state index in [0.717, 1.165) is 12.8 Å². The minimum Gasteiger partial charge on any atom is -0.391 e. The van der Waals surface area contributed by atoms with Crippen LogP contribution in [-0.4, -0.2) is 46.1 Å². The molecular weight excluding hydrogens is 262 g/mol. The van der Waals surface area contributed by atoms with Gasteiger partial charge in [0.1, 0.15) is 0 Å². The lowest BCUT2D eigenvalue weighted by Crippen LogP contribution is -2.35. The largest absolute Gasteiger partial charge is 0.391 e. The molecule has 1 amide bonds. The van der Waals surface area contributed by atoms with Crippen molar-refractivity contribution in [2.75, 3.05) is 19.8 Å². The number of carbonyl (C=O) groups is 1. The molecule has 2 atom stereocenters. The fraction of sp³-hybridized carbons (Fsp3) is 0.500. The number of hydrogen-bond donors (Lipinski definition) is 1. The molecule has 2 unspecified atom stereocenters. The Hall–Kier alpha value is -1.20. The Morgan fingerprint density at radius 3 is 2.47 bits per heavy atom. The summed E-state index contributed by atoms with van der Waals surface area (Å²) in [5.74, 6) is 0.244. The summed E-state index contributed by atoms with van der Waals surface area (Å²) in [6, 6.07) is 6.77. The number of rotatable bonds is 5. The first-order valence-electron chi connectivity index (χ1n) is 6.36. The van der Waals surface area contributed by atoms with E-state index in [1.165, 1.54) is 0 Å². The highest BCUT2D eigenvalue weighted by molar-refractivity contribution is 7.84. The minimum absolute atomic E-state index is 0.117. The van der Waals surface area contributed by atoms with E-state index in [1.807, 2.05) is 0 Å². The van der Waals surface area contributed by atoms with Crippen LogP contribution in [0.15, 0.2) is 29.2 Å². The van der Waals surface area contributed by atoms with Gasteiger partial charge >= 0.3 is 0 Å². The van der Waals surface area contributed by atoms with E-state index in [0.29, 0.717) is 22.9 Å². The summed E-state index contributed by atoms with van der Waals surface area (Å²) in [6.07, 6.45) is 3.30. The molecule has 1 aromatic rings. The molecule has 0 aliphatic heterocycles. The highest BCUT2D eigenvalue weighted by atomic mass is 32.2. The predicted molar refractivity (Wildman–Crippen MR) is 74.5 cm³/mol. The van der Waals surface area contributed by atoms with Gasteiger partial charge in [-0.25, -0.2) is 0 Å². The van der Waals surface area contributed by atoms with Crippen LogP contribution in [0.4, 0.5) is 0 Å². The van der Waals surface area contributed by atoms with Crippen molar-refractivity contribution in [3.8, 4) is 0 Å². The van der Waals surface area contributed by atoms with E-state index in [4.69, 9.17) is 0 Å². The van der Waals surface area contributed by atoms with Gasteiger partial charge in [-0.3, -0.25) is 9.00 Å². The monoisotopic (exact) mass is 281 g/mol. The third kappa shape index (κ3) is 3.64. The Labute approximate surface area is 115 Å². The van der Waals surface area contributed by atoms with Crippen molar-refractivity contribution >= 4 is 16.7 Å². The number of carbonyl (C=O) groups excluding carboxylic acids is 1. The molecule has 4 nitrogen and oxygen atoms in total. The number of aliphatic hydroxyl groups excluding tert-OH is 1. The van der Waals surface area contributed by atoms with E-state index >= 15 is 0 Å². The molecule has 1 saturated carbocycles. The molecule has 104 valence electrons. The van der Waals surface area contributed by atoms with Gasteiger partial charge in [-0.2, -0.15) is 0 Å². The normalized spacial score (nSPS) is 17.8. The zero-order valence-electron chi connectivity index (χ0n) is 11.2. The maximum Gasteiger partial charge on any atom is 0.253 e. The van der Waals surface area contributed by atoms with Gasteiger partial charge in [-0.05, 0) is 43.0 Å². The van der Waals surface area contributed by atoms with Gasteiger partial charge in [0, 0.05) is 41.1 Å². The summed E-state index contributed by atoms with van der Waals surface area (Å²) in [6.45, 7) is 0.366. The molecule has 0 radical (unpaired) electrons. The van der Waals surface area contributed by atoms with Crippen molar-refractivity contribution in [3.63, 3.8) is 0 Å². The zero-order valence-corrected chi connectivity index (χ0v) is 12.0. The van der Waals surface area contributed by atoms with Crippen LogP contribution in [0.2, 0.25) is 0 Å². The second-order valence-corrected chi connectivity index (χ2v) is 6.45. The van der Waals surface area contributed by atoms with Gasteiger partial charge < -0.3 is 10.0 Å². The quantitative estimate of drug-likeness (QED) is 0.884. The van der Waals surface area contributed by atoms with E-state index in [-0.39, 0.29) is 5.91 Å². The van der Waals surface area contributed by atoms with Crippen molar-refractivity contribution in [1.82, 2.24) is 4.90 Å². The maximum atomic E-state index is 12.1. The van der Waals surface area contributed by atoms with Gasteiger partial charge in [0.15, 0.2) is 0 Å². The highest BCUT2D eigenvalue weighted by Crippen LogP contribution is 2.32. The van der Waals surface area contributed by atoms with Gasteiger partial charge in [-0.15, -0.1) is 0 Å². The molecule has 5 heteroatoms. The molecule has 2 rings (SSSR count). The third-order valence-electron chi connectivity index (χ3n) is 3.41. The molecule has 1 aliphatic carbocycles. The van der Waals surface area contributed by atoms with Crippen molar-refractivity contribution < 1.29 is 14.1 Å². The zero-order chi connectivity index (χ0) is 14.0. The molecule has 19 heavy (non-hydrogen) atoms. The molecule has 0 heterocycles. The average molecular weight is 281 g/mol. The summed E-state index contributed by atoms with van der Waals surface area (Å²) in [4.78, 5) is 14.4.